The zero-order valence-corrected chi connectivity index (χ0v) is 16.3. The Morgan fingerprint density at radius 2 is 1.70 bits per heavy atom. The zero-order chi connectivity index (χ0) is 19.6. The Balaban J connectivity index is 2.15. The highest BCUT2D eigenvalue weighted by Crippen LogP contribution is 2.37. The van der Waals surface area contributed by atoms with Crippen molar-refractivity contribution >= 4 is 11.6 Å². The van der Waals surface area contributed by atoms with E-state index in [0.29, 0.717) is 16.4 Å². The van der Waals surface area contributed by atoms with E-state index in [2.05, 4.69) is 5.10 Å². The molecule has 3 aromatic rings. The summed E-state index contributed by atoms with van der Waals surface area (Å²) in [7, 11) is 1.61. The van der Waals surface area contributed by atoms with Gasteiger partial charge in [-0.05, 0) is 38.1 Å². The third-order valence-electron chi connectivity index (χ3n) is 4.37. The van der Waals surface area contributed by atoms with Gasteiger partial charge in [0.05, 0.1) is 29.6 Å². The molecule has 0 bridgehead atoms. The minimum atomic E-state index is -0.957. The average Bonchev–Trinajstić information content (AvgIpc) is 2.99. The van der Waals surface area contributed by atoms with Gasteiger partial charge in [0, 0.05) is 12.0 Å². The van der Waals surface area contributed by atoms with Crippen LogP contribution in [0.2, 0.25) is 5.02 Å². The predicted octanol–water partition coefficient (Wildman–Crippen LogP) is 4.31. The predicted molar refractivity (Wildman–Crippen MR) is 107 cm³/mol. The van der Waals surface area contributed by atoms with E-state index in [-0.39, 0.29) is 6.42 Å². The molecule has 0 spiro atoms. The van der Waals surface area contributed by atoms with Crippen LogP contribution in [0.1, 0.15) is 30.7 Å². The number of aryl methyl sites for hydroxylation is 1. The summed E-state index contributed by atoms with van der Waals surface area (Å²) in [4.78, 5) is 0. The van der Waals surface area contributed by atoms with Gasteiger partial charge in [0.2, 0.25) is 0 Å². The Morgan fingerprint density at radius 3 is 2.26 bits per heavy atom. The van der Waals surface area contributed by atoms with Crippen molar-refractivity contribution in [2.75, 3.05) is 7.11 Å². The van der Waals surface area contributed by atoms with Crippen LogP contribution in [0.5, 0.6) is 5.75 Å². The number of aromatic nitrogens is 2. The minimum absolute atomic E-state index is 0.159. The van der Waals surface area contributed by atoms with E-state index in [9.17, 15) is 10.2 Å². The van der Waals surface area contributed by atoms with Crippen molar-refractivity contribution in [1.82, 2.24) is 9.78 Å². The molecule has 3 rings (SSSR count). The van der Waals surface area contributed by atoms with E-state index in [1.165, 1.54) is 0 Å². The number of hydrogen-bond donors (Lipinski definition) is 2. The normalized spacial score (nSPS) is 13.4. The first-order valence-electron chi connectivity index (χ1n) is 8.76. The van der Waals surface area contributed by atoms with E-state index >= 15 is 0 Å². The summed E-state index contributed by atoms with van der Waals surface area (Å²) < 4.78 is 6.94. The molecule has 0 amide bonds. The van der Waals surface area contributed by atoms with Gasteiger partial charge in [-0.15, -0.1) is 0 Å². The number of halogens is 1. The van der Waals surface area contributed by atoms with E-state index < -0.39 is 12.2 Å². The topological polar surface area (TPSA) is 67.5 Å². The monoisotopic (exact) mass is 386 g/mol. The van der Waals surface area contributed by atoms with E-state index in [4.69, 9.17) is 16.3 Å². The summed E-state index contributed by atoms with van der Waals surface area (Å²) in [5, 5.41) is 25.1. The van der Waals surface area contributed by atoms with Gasteiger partial charge in [-0.2, -0.15) is 5.10 Å². The molecule has 6 heteroatoms. The molecule has 2 N–H and O–H groups in total. The number of aliphatic hydroxyl groups excluding tert-OH is 2. The highest BCUT2D eigenvalue weighted by atomic mass is 35.5. The molecule has 2 unspecified atom stereocenters. The fourth-order valence-corrected chi connectivity index (χ4v) is 3.29. The molecule has 0 aliphatic heterocycles. The molecule has 2 atom stereocenters. The van der Waals surface area contributed by atoms with Crippen LogP contribution in [0.15, 0.2) is 48.5 Å². The zero-order valence-electron chi connectivity index (χ0n) is 15.6. The lowest BCUT2D eigenvalue weighted by Gasteiger charge is -2.10. The lowest BCUT2D eigenvalue weighted by Crippen LogP contribution is -2.09. The molecular formula is C21H23ClN2O3. The van der Waals surface area contributed by atoms with E-state index in [1.807, 2.05) is 55.5 Å². The lowest BCUT2D eigenvalue weighted by molar-refractivity contribution is 0.0880. The molecule has 0 saturated carbocycles. The van der Waals surface area contributed by atoms with Gasteiger partial charge in [-0.3, -0.25) is 0 Å². The van der Waals surface area contributed by atoms with Gasteiger partial charge in [0.1, 0.15) is 17.5 Å². The first-order valence-corrected chi connectivity index (χ1v) is 9.14. The van der Waals surface area contributed by atoms with Crippen LogP contribution in [0.4, 0.5) is 0 Å². The van der Waals surface area contributed by atoms with Crippen LogP contribution >= 0.6 is 11.6 Å². The molecule has 1 aromatic heterocycles. The molecule has 1 heterocycles. The number of methoxy groups -OCH3 is 1. The van der Waals surface area contributed by atoms with Crippen LogP contribution in [-0.4, -0.2) is 33.2 Å². The van der Waals surface area contributed by atoms with Gasteiger partial charge in [-0.25, -0.2) is 4.68 Å². The number of aliphatic hydroxyl groups is 2. The van der Waals surface area contributed by atoms with Crippen LogP contribution in [0, 0.1) is 6.92 Å². The summed E-state index contributed by atoms with van der Waals surface area (Å²) in [6, 6.07) is 15.4. The SMILES string of the molecule is COc1ccc(-n2nc(C(O)CC(C)O)c(Cl)c2-c2ccc(C)cc2)cc1. The summed E-state index contributed by atoms with van der Waals surface area (Å²) in [5.74, 6) is 0.739. The Hall–Kier alpha value is -2.34. The Labute approximate surface area is 163 Å². The Bertz CT molecular complexity index is 902. The Morgan fingerprint density at radius 1 is 1.07 bits per heavy atom. The quantitative estimate of drug-likeness (QED) is 0.662. The van der Waals surface area contributed by atoms with Crippen LogP contribution in [-0.2, 0) is 0 Å². The molecule has 0 radical (unpaired) electrons. The van der Waals surface area contributed by atoms with Crippen molar-refractivity contribution in [2.45, 2.75) is 32.5 Å². The minimum Gasteiger partial charge on any atom is -0.497 e. The summed E-state index contributed by atoms with van der Waals surface area (Å²) in [5.41, 5.74) is 3.87. The van der Waals surface area contributed by atoms with Gasteiger partial charge in [-0.1, -0.05) is 41.4 Å². The van der Waals surface area contributed by atoms with Crippen molar-refractivity contribution in [3.63, 3.8) is 0 Å². The molecule has 142 valence electrons. The molecule has 27 heavy (non-hydrogen) atoms. The van der Waals surface area contributed by atoms with Crippen molar-refractivity contribution in [3.05, 3.63) is 64.8 Å². The highest BCUT2D eigenvalue weighted by molar-refractivity contribution is 6.33. The van der Waals surface area contributed by atoms with Gasteiger partial charge in [0.25, 0.3) is 0 Å². The van der Waals surface area contributed by atoms with Gasteiger partial charge < -0.3 is 14.9 Å². The smallest absolute Gasteiger partial charge is 0.119 e. The number of hydrogen-bond acceptors (Lipinski definition) is 4. The first kappa shape index (κ1) is 19.4. The number of rotatable bonds is 6. The van der Waals surface area contributed by atoms with Crippen LogP contribution < -0.4 is 4.74 Å². The number of benzene rings is 2. The maximum absolute atomic E-state index is 10.5. The molecule has 0 fully saturated rings. The molecule has 5 nitrogen and oxygen atoms in total. The highest BCUT2D eigenvalue weighted by Gasteiger charge is 2.24. The third kappa shape index (κ3) is 4.16. The second-order valence-electron chi connectivity index (χ2n) is 6.62. The van der Waals surface area contributed by atoms with Crippen LogP contribution in [0.25, 0.3) is 16.9 Å². The summed E-state index contributed by atoms with van der Waals surface area (Å²) >= 11 is 6.64. The molecule has 0 aliphatic rings. The first-order chi connectivity index (χ1) is 12.9. The Kier molecular flexibility index (Phi) is 5.85. The summed E-state index contributed by atoms with van der Waals surface area (Å²) in [6.45, 7) is 3.64. The van der Waals surface area contributed by atoms with E-state index in [0.717, 1.165) is 22.6 Å². The van der Waals surface area contributed by atoms with Crippen molar-refractivity contribution < 1.29 is 14.9 Å². The van der Waals surface area contributed by atoms with Crippen molar-refractivity contribution in [2.24, 2.45) is 0 Å². The van der Waals surface area contributed by atoms with E-state index in [1.54, 1.807) is 18.7 Å². The number of nitrogens with zero attached hydrogens (tertiary/aromatic N) is 2. The largest absolute Gasteiger partial charge is 0.497 e. The fourth-order valence-electron chi connectivity index (χ4n) is 2.93. The molecule has 0 aliphatic carbocycles. The van der Waals surface area contributed by atoms with Gasteiger partial charge in [0.15, 0.2) is 0 Å². The second-order valence-corrected chi connectivity index (χ2v) is 7.00. The van der Waals surface area contributed by atoms with Crippen LogP contribution in [0.3, 0.4) is 0 Å². The number of ether oxygens (including phenoxy) is 1. The summed E-state index contributed by atoms with van der Waals surface area (Å²) in [6.07, 6.45) is -1.46. The maximum Gasteiger partial charge on any atom is 0.119 e. The third-order valence-corrected chi connectivity index (χ3v) is 4.75. The maximum atomic E-state index is 10.5. The fraction of sp³-hybridized carbons (Fsp3) is 0.286. The lowest BCUT2D eigenvalue weighted by atomic mass is 10.1. The second kappa shape index (κ2) is 8.13. The molecule has 2 aromatic carbocycles. The molecular weight excluding hydrogens is 364 g/mol. The standard InChI is InChI=1S/C21H23ClN2O3/c1-13-4-6-15(7-5-13)21-19(22)20(18(26)12-14(2)25)23-24(21)16-8-10-17(27-3)11-9-16/h4-11,14,18,25-26H,12H2,1-3H3. The van der Waals surface area contributed by atoms with Gasteiger partial charge >= 0.3 is 0 Å². The average molecular weight is 387 g/mol. The van der Waals surface area contributed by atoms with Crippen molar-refractivity contribution in [1.29, 1.82) is 0 Å². The van der Waals surface area contributed by atoms with Crippen molar-refractivity contribution in [3.8, 4) is 22.7 Å². The molecule has 0 saturated heterocycles.